The zero-order valence-electron chi connectivity index (χ0n) is 12.2. The van der Waals surface area contributed by atoms with Crippen molar-refractivity contribution < 1.29 is 14.3 Å². The summed E-state index contributed by atoms with van der Waals surface area (Å²) in [6.45, 7) is 1.98. The van der Waals surface area contributed by atoms with Gasteiger partial charge in [0.05, 0.1) is 0 Å². The first kappa shape index (κ1) is 17.5. The van der Waals surface area contributed by atoms with Crippen molar-refractivity contribution in [2.75, 3.05) is 6.61 Å². The van der Waals surface area contributed by atoms with Gasteiger partial charge in [-0.15, -0.1) is 0 Å². The fourth-order valence-corrected chi connectivity index (χ4v) is 1.89. The quantitative estimate of drug-likeness (QED) is 0.555. The molecular weight excluding hydrogens is 336 g/mol. The standard InChI is InChI=1S/C15H21BrN2O3/c1-2-3-4-5-6-14(19)17-18-15(20)11-21-13-9-7-12(16)8-10-13/h7-10H,2-6,11H2,1H3,(H,17,19)(H,18,20). The van der Waals surface area contributed by atoms with Crippen LogP contribution in [0.2, 0.25) is 0 Å². The average molecular weight is 357 g/mol. The molecule has 1 aromatic rings. The number of nitrogens with one attached hydrogen (secondary N) is 2. The van der Waals surface area contributed by atoms with Crippen molar-refractivity contribution in [2.45, 2.75) is 39.0 Å². The predicted octanol–water partition coefficient (Wildman–Crippen LogP) is 2.95. The number of amides is 2. The molecule has 1 rings (SSSR count). The second kappa shape index (κ2) is 10.2. The van der Waals surface area contributed by atoms with E-state index in [-0.39, 0.29) is 18.4 Å². The van der Waals surface area contributed by atoms with E-state index >= 15 is 0 Å². The number of ether oxygens (including phenoxy) is 1. The number of hydrogen-bond acceptors (Lipinski definition) is 3. The van der Waals surface area contributed by atoms with Gasteiger partial charge in [0, 0.05) is 10.9 Å². The highest BCUT2D eigenvalue weighted by Crippen LogP contribution is 2.15. The molecule has 0 aliphatic carbocycles. The molecule has 6 heteroatoms. The Balaban J connectivity index is 2.13. The van der Waals surface area contributed by atoms with Gasteiger partial charge >= 0.3 is 0 Å². The minimum absolute atomic E-state index is 0.141. The summed E-state index contributed by atoms with van der Waals surface area (Å²) < 4.78 is 6.22. The first-order valence-electron chi connectivity index (χ1n) is 7.08. The van der Waals surface area contributed by atoms with Gasteiger partial charge in [0.25, 0.3) is 5.91 Å². The third-order valence-corrected chi connectivity index (χ3v) is 3.31. The summed E-state index contributed by atoms with van der Waals surface area (Å²) in [6.07, 6.45) is 4.55. The first-order valence-corrected chi connectivity index (χ1v) is 7.87. The zero-order valence-corrected chi connectivity index (χ0v) is 13.7. The number of hydrazine groups is 1. The lowest BCUT2D eigenvalue weighted by molar-refractivity contribution is -0.130. The predicted molar refractivity (Wildman–Crippen MR) is 84.7 cm³/mol. The highest BCUT2D eigenvalue weighted by molar-refractivity contribution is 9.10. The number of rotatable bonds is 8. The Morgan fingerprint density at radius 2 is 1.71 bits per heavy atom. The molecule has 21 heavy (non-hydrogen) atoms. The number of carbonyl (C=O) groups excluding carboxylic acids is 2. The van der Waals surface area contributed by atoms with Crippen LogP contribution in [-0.4, -0.2) is 18.4 Å². The normalized spacial score (nSPS) is 10.0. The Morgan fingerprint density at radius 3 is 2.38 bits per heavy atom. The van der Waals surface area contributed by atoms with E-state index in [9.17, 15) is 9.59 Å². The van der Waals surface area contributed by atoms with E-state index in [1.807, 2.05) is 12.1 Å². The summed E-state index contributed by atoms with van der Waals surface area (Å²) in [4.78, 5) is 23.0. The van der Waals surface area contributed by atoms with E-state index in [1.54, 1.807) is 12.1 Å². The van der Waals surface area contributed by atoms with Crippen molar-refractivity contribution in [1.29, 1.82) is 0 Å². The van der Waals surface area contributed by atoms with Gasteiger partial charge in [-0.05, 0) is 30.7 Å². The van der Waals surface area contributed by atoms with Gasteiger partial charge in [-0.3, -0.25) is 20.4 Å². The molecule has 0 heterocycles. The fourth-order valence-electron chi connectivity index (χ4n) is 1.63. The number of hydrogen-bond donors (Lipinski definition) is 2. The van der Waals surface area contributed by atoms with Crippen molar-refractivity contribution in [3.8, 4) is 5.75 Å². The van der Waals surface area contributed by atoms with E-state index in [4.69, 9.17) is 4.74 Å². The molecule has 0 radical (unpaired) electrons. The fraction of sp³-hybridized carbons (Fsp3) is 0.467. The summed E-state index contributed by atoms with van der Waals surface area (Å²) in [5.74, 6) is 0.0298. The Bertz CT molecular complexity index is 449. The molecule has 0 aliphatic rings. The average Bonchev–Trinajstić information content (AvgIpc) is 2.49. The molecular formula is C15H21BrN2O3. The topological polar surface area (TPSA) is 67.4 Å². The smallest absolute Gasteiger partial charge is 0.276 e. The van der Waals surface area contributed by atoms with Gasteiger partial charge in [0.2, 0.25) is 5.91 Å². The lowest BCUT2D eigenvalue weighted by Gasteiger charge is -2.08. The molecule has 0 saturated heterocycles. The number of carbonyl (C=O) groups is 2. The van der Waals surface area contributed by atoms with E-state index < -0.39 is 0 Å². The Labute approximate surface area is 133 Å². The summed E-state index contributed by atoms with van der Waals surface area (Å²) >= 11 is 3.31. The maximum absolute atomic E-state index is 11.5. The summed E-state index contributed by atoms with van der Waals surface area (Å²) in [5.41, 5.74) is 4.71. The van der Waals surface area contributed by atoms with Crippen LogP contribution in [0.4, 0.5) is 0 Å². The summed E-state index contributed by atoms with van der Waals surface area (Å²) in [6, 6.07) is 7.16. The molecule has 0 fully saturated rings. The van der Waals surface area contributed by atoms with Gasteiger partial charge in [-0.2, -0.15) is 0 Å². The molecule has 0 aromatic heterocycles. The van der Waals surface area contributed by atoms with Crippen LogP contribution >= 0.6 is 15.9 Å². The molecule has 0 aliphatic heterocycles. The van der Waals surface area contributed by atoms with E-state index in [0.717, 1.165) is 30.2 Å². The second-order valence-electron chi connectivity index (χ2n) is 4.65. The molecule has 2 amide bonds. The largest absolute Gasteiger partial charge is 0.484 e. The number of halogens is 1. The molecule has 0 atom stereocenters. The van der Waals surface area contributed by atoms with E-state index in [0.29, 0.717) is 12.2 Å². The monoisotopic (exact) mass is 356 g/mol. The van der Waals surface area contributed by atoms with Gasteiger partial charge < -0.3 is 4.74 Å². The van der Waals surface area contributed by atoms with Crippen LogP contribution in [-0.2, 0) is 9.59 Å². The maximum atomic E-state index is 11.5. The lowest BCUT2D eigenvalue weighted by Crippen LogP contribution is -2.43. The van der Waals surface area contributed by atoms with Crippen LogP contribution in [0.5, 0.6) is 5.75 Å². The Hall–Kier alpha value is -1.56. The van der Waals surface area contributed by atoms with Crippen molar-refractivity contribution in [1.82, 2.24) is 10.9 Å². The Kier molecular flexibility index (Phi) is 8.50. The van der Waals surface area contributed by atoms with Gasteiger partial charge in [0.15, 0.2) is 6.61 Å². The molecule has 0 spiro atoms. The van der Waals surface area contributed by atoms with Crippen LogP contribution in [0.15, 0.2) is 28.7 Å². The van der Waals surface area contributed by atoms with Crippen molar-refractivity contribution in [3.05, 3.63) is 28.7 Å². The van der Waals surface area contributed by atoms with E-state index in [2.05, 4.69) is 33.7 Å². The zero-order chi connectivity index (χ0) is 15.5. The lowest BCUT2D eigenvalue weighted by atomic mass is 10.1. The highest BCUT2D eigenvalue weighted by Gasteiger charge is 2.05. The SMILES string of the molecule is CCCCCCC(=O)NNC(=O)COc1ccc(Br)cc1. The molecule has 116 valence electrons. The summed E-state index contributed by atoms with van der Waals surface area (Å²) in [7, 11) is 0. The maximum Gasteiger partial charge on any atom is 0.276 e. The second-order valence-corrected chi connectivity index (χ2v) is 5.57. The minimum atomic E-state index is -0.389. The van der Waals surface area contributed by atoms with Crippen molar-refractivity contribution in [3.63, 3.8) is 0 Å². The van der Waals surface area contributed by atoms with Crippen LogP contribution in [0.25, 0.3) is 0 Å². The molecule has 0 bridgehead atoms. The van der Waals surface area contributed by atoms with Crippen LogP contribution < -0.4 is 15.6 Å². The Morgan fingerprint density at radius 1 is 1.05 bits per heavy atom. The van der Waals surface area contributed by atoms with Crippen molar-refractivity contribution >= 4 is 27.7 Å². The molecule has 1 aromatic carbocycles. The third-order valence-electron chi connectivity index (χ3n) is 2.78. The third kappa shape index (κ3) is 8.34. The highest BCUT2D eigenvalue weighted by atomic mass is 79.9. The molecule has 0 unspecified atom stereocenters. The van der Waals surface area contributed by atoms with Gasteiger partial charge in [0.1, 0.15) is 5.75 Å². The van der Waals surface area contributed by atoms with E-state index in [1.165, 1.54) is 0 Å². The van der Waals surface area contributed by atoms with Gasteiger partial charge in [-0.1, -0.05) is 42.1 Å². The number of unbranched alkanes of at least 4 members (excludes halogenated alkanes) is 3. The number of benzene rings is 1. The summed E-state index contributed by atoms with van der Waals surface area (Å²) in [5, 5.41) is 0. The molecule has 0 saturated carbocycles. The van der Waals surface area contributed by atoms with Crippen molar-refractivity contribution in [2.24, 2.45) is 0 Å². The first-order chi connectivity index (χ1) is 10.1. The van der Waals surface area contributed by atoms with Crippen LogP contribution in [0, 0.1) is 0 Å². The van der Waals surface area contributed by atoms with Crippen LogP contribution in [0.1, 0.15) is 39.0 Å². The molecule has 2 N–H and O–H groups in total. The molecule has 5 nitrogen and oxygen atoms in total. The van der Waals surface area contributed by atoms with Gasteiger partial charge in [-0.25, -0.2) is 0 Å². The van der Waals surface area contributed by atoms with Crippen LogP contribution in [0.3, 0.4) is 0 Å². The minimum Gasteiger partial charge on any atom is -0.484 e.